The van der Waals surface area contributed by atoms with E-state index < -0.39 is 0 Å². The van der Waals surface area contributed by atoms with E-state index in [1.807, 2.05) is 4.90 Å². The van der Waals surface area contributed by atoms with Crippen LogP contribution in [0.2, 0.25) is 0 Å². The fourth-order valence-corrected chi connectivity index (χ4v) is 3.42. The molecule has 2 aliphatic rings. The Labute approximate surface area is 124 Å². The minimum Gasteiger partial charge on any atom is -0.377 e. The molecule has 1 amide bonds. The van der Waals surface area contributed by atoms with Gasteiger partial charge in [0.2, 0.25) is 0 Å². The van der Waals surface area contributed by atoms with Crippen LogP contribution in [0.4, 0.5) is 0 Å². The van der Waals surface area contributed by atoms with E-state index >= 15 is 0 Å². The van der Waals surface area contributed by atoms with Gasteiger partial charge in [-0.15, -0.1) is 0 Å². The molecular formula is C15H23N3O3. The third-order valence-electron chi connectivity index (χ3n) is 4.48. The molecule has 2 unspecified atom stereocenters. The van der Waals surface area contributed by atoms with Crippen molar-refractivity contribution in [1.29, 1.82) is 0 Å². The molecule has 2 aliphatic heterocycles. The lowest BCUT2D eigenvalue weighted by molar-refractivity contribution is 0.0640. The van der Waals surface area contributed by atoms with E-state index in [0.29, 0.717) is 30.0 Å². The van der Waals surface area contributed by atoms with Gasteiger partial charge in [-0.05, 0) is 38.1 Å². The summed E-state index contributed by atoms with van der Waals surface area (Å²) in [7, 11) is 1.59. The van der Waals surface area contributed by atoms with Gasteiger partial charge in [0.25, 0.3) is 5.91 Å². The Morgan fingerprint density at radius 3 is 3.19 bits per heavy atom. The number of carbonyl (C=O) groups is 1. The maximum atomic E-state index is 12.5. The molecule has 0 aromatic carbocycles. The third kappa shape index (κ3) is 3.27. The van der Waals surface area contributed by atoms with Gasteiger partial charge in [-0.2, -0.15) is 0 Å². The van der Waals surface area contributed by atoms with Gasteiger partial charge in [0.15, 0.2) is 11.5 Å². The average Bonchev–Trinajstić information content (AvgIpc) is 3.18. The zero-order chi connectivity index (χ0) is 14.7. The molecule has 0 spiro atoms. The summed E-state index contributed by atoms with van der Waals surface area (Å²) < 4.78 is 10.1. The van der Waals surface area contributed by atoms with Crippen LogP contribution in [0, 0.1) is 5.92 Å². The predicted molar refractivity (Wildman–Crippen MR) is 76.9 cm³/mol. The summed E-state index contributed by atoms with van der Waals surface area (Å²) in [5.74, 6) is 1.13. The lowest BCUT2D eigenvalue weighted by Gasteiger charge is -2.35. The first-order valence-corrected chi connectivity index (χ1v) is 7.75. The molecule has 6 nitrogen and oxygen atoms in total. The molecule has 2 fully saturated rings. The second kappa shape index (κ2) is 6.58. The molecule has 3 heterocycles. The van der Waals surface area contributed by atoms with Crippen LogP contribution in [-0.2, 0) is 11.3 Å². The number of ether oxygens (including phenoxy) is 1. The first kappa shape index (κ1) is 14.5. The molecule has 1 aromatic rings. The van der Waals surface area contributed by atoms with E-state index in [9.17, 15) is 4.79 Å². The van der Waals surface area contributed by atoms with Crippen molar-refractivity contribution in [3.05, 3.63) is 17.5 Å². The number of piperidine rings is 1. The number of amides is 1. The summed E-state index contributed by atoms with van der Waals surface area (Å²) in [6, 6.07) is 2.26. The second-order valence-corrected chi connectivity index (χ2v) is 5.97. The van der Waals surface area contributed by atoms with E-state index in [-0.39, 0.29) is 5.91 Å². The van der Waals surface area contributed by atoms with Crippen LogP contribution < -0.4 is 5.32 Å². The summed E-state index contributed by atoms with van der Waals surface area (Å²) in [5.41, 5.74) is 0.391. The van der Waals surface area contributed by atoms with Gasteiger partial charge in [0.1, 0.15) is 6.61 Å². The van der Waals surface area contributed by atoms with E-state index in [2.05, 4.69) is 10.5 Å². The maximum Gasteiger partial charge on any atom is 0.276 e. The molecule has 1 N–H and O–H groups in total. The minimum atomic E-state index is -0.0243. The van der Waals surface area contributed by atoms with Gasteiger partial charge < -0.3 is 19.5 Å². The number of nitrogens with zero attached hydrogens (tertiary/aromatic N) is 2. The average molecular weight is 293 g/mol. The molecule has 6 heteroatoms. The molecule has 1 aromatic heterocycles. The molecule has 116 valence electrons. The number of hydrogen-bond donors (Lipinski definition) is 1. The lowest BCUT2D eigenvalue weighted by Crippen LogP contribution is -2.45. The summed E-state index contributed by atoms with van der Waals surface area (Å²) in [4.78, 5) is 14.4. The molecule has 0 bridgehead atoms. The fraction of sp³-hybridized carbons (Fsp3) is 0.733. The van der Waals surface area contributed by atoms with Crippen LogP contribution in [-0.4, -0.2) is 48.7 Å². The Morgan fingerprint density at radius 2 is 2.43 bits per heavy atom. The van der Waals surface area contributed by atoms with Gasteiger partial charge >= 0.3 is 0 Å². The Bertz CT molecular complexity index is 482. The normalized spacial score (nSPS) is 26.2. The van der Waals surface area contributed by atoms with E-state index in [1.165, 1.54) is 19.3 Å². The highest BCUT2D eigenvalue weighted by atomic mass is 16.5. The maximum absolute atomic E-state index is 12.5. The molecule has 0 saturated carbocycles. The van der Waals surface area contributed by atoms with Gasteiger partial charge in [0.05, 0.1) is 0 Å². The lowest BCUT2D eigenvalue weighted by atomic mass is 9.89. The van der Waals surface area contributed by atoms with Crippen molar-refractivity contribution >= 4 is 5.91 Å². The third-order valence-corrected chi connectivity index (χ3v) is 4.48. The van der Waals surface area contributed by atoms with Crippen molar-refractivity contribution in [3.63, 3.8) is 0 Å². The Hall–Kier alpha value is -1.40. The Balaban J connectivity index is 1.62. The van der Waals surface area contributed by atoms with Crippen LogP contribution in [0.25, 0.3) is 0 Å². The number of hydrogen-bond acceptors (Lipinski definition) is 5. The fourth-order valence-electron chi connectivity index (χ4n) is 3.42. The van der Waals surface area contributed by atoms with Crippen LogP contribution in [0.1, 0.15) is 41.9 Å². The van der Waals surface area contributed by atoms with Crippen molar-refractivity contribution < 1.29 is 14.1 Å². The zero-order valence-electron chi connectivity index (χ0n) is 12.5. The number of rotatable bonds is 4. The van der Waals surface area contributed by atoms with Crippen LogP contribution in [0.5, 0.6) is 0 Å². The minimum absolute atomic E-state index is 0.0243. The van der Waals surface area contributed by atoms with Crippen molar-refractivity contribution in [2.45, 2.75) is 38.3 Å². The van der Waals surface area contributed by atoms with Gasteiger partial charge in [-0.3, -0.25) is 4.79 Å². The van der Waals surface area contributed by atoms with Crippen molar-refractivity contribution in [2.75, 3.05) is 26.7 Å². The highest BCUT2D eigenvalue weighted by Crippen LogP contribution is 2.25. The summed E-state index contributed by atoms with van der Waals surface area (Å²) in [6.07, 6.45) is 4.75. The number of nitrogens with one attached hydrogen (secondary N) is 1. The Kier molecular flexibility index (Phi) is 4.55. The second-order valence-electron chi connectivity index (χ2n) is 5.97. The van der Waals surface area contributed by atoms with Gasteiger partial charge in [-0.25, -0.2) is 0 Å². The quantitative estimate of drug-likeness (QED) is 0.909. The highest BCUT2D eigenvalue weighted by molar-refractivity contribution is 5.92. The molecule has 3 rings (SSSR count). The van der Waals surface area contributed by atoms with Crippen molar-refractivity contribution in [3.8, 4) is 0 Å². The summed E-state index contributed by atoms with van der Waals surface area (Å²) in [5, 5.41) is 7.43. The number of methoxy groups -OCH3 is 1. The van der Waals surface area contributed by atoms with Gasteiger partial charge in [0, 0.05) is 32.3 Å². The summed E-state index contributed by atoms with van der Waals surface area (Å²) in [6.45, 7) is 3.09. The van der Waals surface area contributed by atoms with Crippen LogP contribution >= 0.6 is 0 Å². The molecule has 2 saturated heterocycles. The first-order valence-electron chi connectivity index (χ1n) is 7.75. The topological polar surface area (TPSA) is 67.6 Å². The number of carbonyl (C=O) groups excluding carboxylic acids is 1. The Morgan fingerprint density at radius 1 is 1.52 bits per heavy atom. The number of likely N-dealkylation sites (tertiary alicyclic amines) is 1. The highest BCUT2D eigenvalue weighted by Gasteiger charge is 2.32. The zero-order valence-corrected chi connectivity index (χ0v) is 12.5. The number of aromatic nitrogens is 1. The molecule has 0 aliphatic carbocycles. The first-order chi connectivity index (χ1) is 10.3. The molecule has 21 heavy (non-hydrogen) atoms. The predicted octanol–water partition coefficient (Wildman–Crippen LogP) is 1.43. The van der Waals surface area contributed by atoms with E-state index in [4.69, 9.17) is 9.26 Å². The SMILES string of the molecule is COCc1cc(C(=O)N2CCCC(C3CCCN3)C2)no1. The standard InChI is InChI=1S/C15H23N3O3/c1-20-10-12-8-14(17-21-12)15(19)18-7-3-4-11(9-18)13-5-2-6-16-13/h8,11,13,16H,2-7,9-10H2,1H3. The van der Waals surface area contributed by atoms with E-state index in [1.54, 1.807) is 13.2 Å². The van der Waals surface area contributed by atoms with Crippen LogP contribution in [0.3, 0.4) is 0 Å². The van der Waals surface area contributed by atoms with E-state index in [0.717, 1.165) is 26.1 Å². The molecular weight excluding hydrogens is 270 g/mol. The van der Waals surface area contributed by atoms with Crippen LogP contribution in [0.15, 0.2) is 10.6 Å². The largest absolute Gasteiger partial charge is 0.377 e. The van der Waals surface area contributed by atoms with Crippen molar-refractivity contribution in [1.82, 2.24) is 15.4 Å². The monoisotopic (exact) mass is 293 g/mol. The molecule has 0 radical (unpaired) electrons. The summed E-state index contributed by atoms with van der Waals surface area (Å²) >= 11 is 0. The molecule has 2 atom stereocenters. The van der Waals surface area contributed by atoms with Gasteiger partial charge in [-0.1, -0.05) is 5.16 Å². The van der Waals surface area contributed by atoms with Crippen molar-refractivity contribution in [2.24, 2.45) is 5.92 Å². The smallest absolute Gasteiger partial charge is 0.276 e.